The van der Waals surface area contributed by atoms with Gasteiger partial charge in [0.25, 0.3) is 0 Å². The third-order valence-corrected chi connectivity index (χ3v) is 3.67. The molecule has 0 radical (unpaired) electrons. The average Bonchev–Trinajstić information content (AvgIpc) is 2.81. The number of benzene rings is 2. The highest BCUT2D eigenvalue weighted by atomic mass is 16.3. The molecule has 116 valence electrons. The molecule has 6 nitrogen and oxygen atoms in total. The van der Waals surface area contributed by atoms with Crippen molar-refractivity contribution in [2.24, 2.45) is 5.11 Å². The van der Waals surface area contributed by atoms with Gasteiger partial charge >= 0.3 is 0 Å². The zero-order valence-electron chi connectivity index (χ0n) is 12.6. The zero-order chi connectivity index (χ0) is 16.4. The van der Waals surface area contributed by atoms with E-state index in [1.807, 2.05) is 37.3 Å². The van der Waals surface area contributed by atoms with Crippen LogP contribution in [0.15, 0.2) is 53.6 Å². The maximum absolute atomic E-state index is 12.2. The van der Waals surface area contributed by atoms with E-state index in [1.165, 1.54) is 4.57 Å². The molecule has 2 aromatic carbocycles. The van der Waals surface area contributed by atoms with Gasteiger partial charge in [0.05, 0.1) is 5.52 Å². The lowest BCUT2D eigenvalue weighted by Gasteiger charge is -2.08. The Morgan fingerprint density at radius 3 is 2.61 bits per heavy atom. The first-order chi connectivity index (χ1) is 11.1. The van der Waals surface area contributed by atoms with Crippen molar-refractivity contribution in [3.63, 3.8) is 0 Å². The molecule has 0 spiro atoms. The highest BCUT2D eigenvalue weighted by Crippen LogP contribution is 2.38. The second kappa shape index (κ2) is 5.92. The summed E-state index contributed by atoms with van der Waals surface area (Å²) in [4.78, 5) is 12.2. The summed E-state index contributed by atoms with van der Waals surface area (Å²) < 4.78 is 1.45. The molecule has 3 N–H and O–H groups in total. The van der Waals surface area contributed by atoms with Crippen LogP contribution in [0.3, 0.4) is 0 Å². The van der Waals surface area contributed by atoms with Gasteiger partial charge in [-0.3, -0.25) is 4.79 Å². The Labute approximate surface area is 132 Å². The Morgan fingerprint density at radius 1 is 1.22 bits per heavy atom. The maximum Gasteiger partial charge on any atom is 0.244 e. The summed E-state index contributed by atoms with van der Waals surface area (Å²) in [6, 6.07) is 14.6. The summed E-state index contributed by atoms with van der Waals surface area (Å²) in [5, 5.41) is 17.0. The topological polar surface area (TPSA) is 90.5 Å². The van der Waals surface area contributed by atoms with Crippen LogP contribution in [0.1, 0.15) is 5.56 Å². The number of hydrogen-bond acceptors (Lipinski definition) is 4. The number of aromatic nitrogens is 1. The van der Waals surface area contributed by atoms with Crippen LogP contribution in [0.25, 0.3) is 10.9 Å². The molecule has 0 aliphatic heterocycles. The average molecular weight is 308 g/mol. The molecule has 0 unspecified atom stereocenters. The van der Waals surface area contributed by atoms with Gasteiger partial charge in [0.15, 0.2) is 5.69 Å². The second-order valence-corrected chi connectivity index (χ2v) is 5.30. The van der Waals surface area contributed by atoms with E-state index >= 15 is 0 Å². The highest BCUT2D eigenvalue weighted by molar-refractivity contribution is 5.97. The lowest BCUT2D eigenvalue weighted by Crippen LogP contribution is -2.18. The second-order valence-electron chi connectivity index (χ2n) is 5.30. The Morgan fingerprint density at radius 2 is 1.91 bits per heavy atom. The van der Waals surface area contributed by atoms with Crippen molar-refractivity contribution in [3.05, 3.63) is 54.1 Å². The van der Waals surface area contributed by atoms with Crippen LogP contribution in [0.2, 0.25) is 0 Å². The smallest absolute Gasteiger partial charge is 0.244 e. The van der Waals surface area contributed by atoms with E-state index in [0.29, 0.717) is 16.6 Å². The molecule has 6 heteroatoms. The van der Waals surface area contributed by atoms with Gasteiger partial charge in [-0.1, -0.05) is 35.9 Å². The molecule has 1 amide bonds. The van der Waals surface area contributed by atoms with Crippen molar-refractivity contribution < 1.29 is 9.90 Å². The minimum atomic E-state index is -0.263. The minimum Gasteiger partial charge on any atom is -0.493 e. The lowest BCUT2D eigenvalue weighted by atomic mass is 10.2. The van der Waals surface area contributed by atoms with Crippen LogP contribution < -0.4 is 5.32 Å². The van der Waals surface area contributed by atoms with Crippen molar-refractivity contribution in [1.29, 1.82) is 5.53 Å². The van der Waals surface area contributed by atoms with E-state index in [4.69, 9.17) is 5.53 Å². The number of anilines is 1. The largest absolute Gasteiger partial charge is 0.493 e. The first-order valence-corrected chi connectivity index (χ1v) is 7.14. The number of nitrogens with one attached hydrogen (secondary N) is 2. The zero-order valence-corrected chi connectivity index (χ0v) is 12.6. The van der Waals surface area contributed by atoms with Gasteiger partial charge in [-0.25, -0.2) is 5.53 Å². The summed E-state index contributed by atoms with van der Waals surface area (Å²) in [7, 11) is 0. The SMILES string of the molecule is Cc1ccc(NC(=O)Cn2c(O)c(N=N)c3ccccc32)cc1. The number of carbonyl (C=O) groups is 1. The number of amides is 1. The highest BCUT2D eigenvalue weighted by Gasteiger charge is 2.17. The van der Waals surface area contributed by atoms with E-state index in [2.05, 4.69) is 10.4 Å². The van der Waals surface area contributed by atoms with E-state index in [0.717, 1.165) is 5.56 Å². The molecule has 3 aromatic rings. The lowest BCUT2D eigenvalue weighted by molar-refractivity contribution is -0.116. The first-order valence-electron chi connectivity index (χ1n) is 7.14. The summed E-state index contributed by atoms with van der Waals surface area (Å²) >= 11 is 0. The van der Waals surface area contributed by atoms with Gasteiger partial charge < -0.3 is 15.0 Å². The molecule has 0 aliphatic carbocycles. The fourth-order valence-electron chi connectivity index (χ4n) is 2.52. The van der Waals surface area contributed by atoms with E-state index in [9.17, 15) is 9.90 Å². The van der Waals surface area contributed by atoms with Crippen LogP contribution in [0.4, 0.5) is 11.4 Å². The van der Waals surface area contributed by atoms with Gasteiger partial charge in [-0.2, -0.15) is 5.11 Å². The van der Waals surface area contributed by atoms with E-state index < -0.39 is 0 Å². The molecule has 23 heavy (non-hydrogen) atoms. The number of hydrogen-bond donors (Lipinski definition) is 3. The molecular formula is C17H16N4O2. The number of fused-ring (bicyclic) bond motifs is 1. The molecule has 1 heterocycles. The van der Waals surface area contributed by atoms with Crippen LogP contribution in [-0.2, 0) is 11.3 Å². The fourth-order valence-corrected chi connectivity index (χ4v) is 2.52. The van der Waals surface area contributed by atoms with Gasteiger partial charge in [0, 0.05) is 11.1 Å². The molecule has 0 fully saturated rings. The summed E-state index contributed by atoms with van der Waals surface area (Å²) in [5.41, 5.74) is 9.85. The number of aryl methyl sites for hydroxylation is 1. The molecule has 0 saturated heterocycles. The van der Waals surface area contributed by atoms with E-state index in [1.54, 1.807) is 18.2 Å². The van der Waals surface area contributed by atoms with E-state index in [-0.39, 0.29) is 24.0 Å². The quantitative estimate of drug-likeness (QED) is 0.637. The predicted octanol–water partition coefficient (Wildman–Crippen LogP) is 3.96. The monoisotopic (exact) mass is 308 g/mol. The number of para-hydroxylation sites is 1. The Bertz CT molecular complexity index is 881. The molecule has 0 aliphatic rings. The van der Waals surface area contributed by atoms with Crippen molar-refractivity contribution in [2.45, 2.75) is 13.5 Å². The number of rotatable bonds is 4. The first kappa shape index (κ1) is 14.8. The molecule has 1 aromatic heterocycles. The van der Waals surface area contributed by atoms with Gasteiger partial charge in [0.2, 0.25) is 11.8 Å². The third-order valence-electron chi connectivity index (χ3n) is 3.67. The van der Waals surface area contributed by atoms with Crippen molar-refractivity contribution in [2.75, 3.05) is 5.32 Å². The normalized spacial score (nSPS) is 10.7. The number of nitrogens with zero attached hydrogens (tertiary/aromatic N) is 2. The predicted molar refractivity (Wildman–Crippen MR) is 88.2 cm³/mol. The third kappa shape index (κ3) is 2.78. The fraction of sp³-hybridized carbons (Fsp3) is 0.118. The van der Waals surface area contributed by atoms with Crippen LogP contribution >= 0.6 is 0 Å². The molecule has 0 bridgehead atoms. The Balaban J connectivity index is 1.89. The molecule has 3 rings (SSSR count). The molecule has 0 saturated carbocycles. The minimum absolute atomic E-state index is 0.0598. The van der Waals surface area contributed by atoms with Crippen LogP contribution in [0.5, 0.6) is 5.88 Å². The van der Waals surface area contributed by atoms with Gasteiger partial charge in [-0.05, 0) is 25.1 Å². The summed E-state index contributed by atoms with van der Waals surface area (Å²) in [6.07, 6.45) is 0. The van der Waals surface area contributed by atoms with Crippen LogP contribution in [-0.4, -0.2) is 15.6 Å². The van der Waals surface area contributed by atoms with Gasteiger partial charge in [0.1, 0.15) is 6.54 Å². The summed E-state index contributed by atoms with van der Waals surface area (Å²) in [5.74, 6) is -0.443. The van der Waals surface area contributed by atoms with Crippen molar-refractivity contribution in [3.8, 4) is 5.88 Å². The maximum atomic E-state index is 12.2. The summed E-state index contributed by atoms with van der Waals surface area (Å²) in [6.45, 7) is 1.91. The standard InChI is InChI=1S/C17H16N4O2/c1-11-6-8-12(9-7-11)19-15(22)10-21-14-5-3-2-4-13(14)16(20-18)17(21)23/h2-9,18,23H,10H2,1H3,(H,19,22). The van der Waals surface area contributed by atoms with Gasteiger partial charge in [-0.15, -0.1) is 0 Å². The van der Waals surface area contributed by atoms with Crippen LogP contribution in [0, 0.1) is 12.5 Å². The Hall–Kier alpha value is -3.15. The van der Waals surface area contributed by atoms with Crippen molar-refractivity contribution >= 4 is 28.2 Å². The number of carbonyl (C=O) groups excluding carboxylic acids is 1. The van der Waals surface area contributed by atoms with Crippen molar-refractivity contribution in [1.82, 2.24) is 4.57 Å². The Kier molecular flexibility index (Phi) is 3.80. The molecular weight excluding hydrogens is 292 g/mol. The molecule has 0 atom stereocenters. The number of aromatic hydroxyl groups is 1.